The molecule has 1 amide bonds. The quantitative estimate of drug-likeness (QED) is 0.689. The molecule has 1 aliphatic rings. The van der Waals surface area contributed by atoms with Gasteiger partial charge in [0.25, 0.3) is 5.91 Å². The van der Waals surface area contributed by atoms with Crippen molar-refractivity contribution in [1.82, 2.24) is 4.98 Å². The van der Waals surface area contributed by atoms with Crippen LogP contribution >= 0.6 is 11.3 Å². The van der Waals surface area contributed by atoms with E-state index in [9.17, 15) is 4.79 Å². The zero-order valence-corrected chi connectivity index (χ0v) is 16.2. The van der Waals surface area contributed by atoms with Gasteiger partial charge in [-0.3, -0.25) is 4.79 Å². The highest BCUT2D eigenvalue weighted by molar-refractivity contribution is 7.18. The maximum Gasteiger partial charge on any atom is 0.279 e. The summed E-state index contributed by atoms with van der Waals surface area (Å²) in [6.07, 6.45) is 2.21. The zero-order valence-electron chi connectivity index (χ0n) is 15.4. The number of carbonyl (C=O) groups is 1. The molecule has 1 aromatic heterocycles. The number of benzene rings is 2. The molecule has 2 heterocycles. The van der Waals surface area contributed by atoms with Crippen molar-refractivity contribution in [3.8, 4) is 5.75 Å². The Hall–Kier alpha value is -2.44. The summed E-state index contributed by atoms with van der Waals surface area (Å²) in [7, 11) is 0. The fourth-order valence-corrected chi connectivity index (χ4v) is 4.87. The van der Waals surface area contributed by atoms with Crippen LogP contribution in [-0.4, -0.2) is 30.6 Å². The van der Waals surface area contributed by atoms with Crippen LogP contribution < -0.4 is 15.0 Å². The summed E-state index contributed by atoms with van der Waals surface area (Å²) in [6.45, 7) is 3.96. The number of nitrogens with zero attached hydrogens (tertiary/aromatic N) is 1. The van der Waals surface area contributed by atoms with Crippen molar-refractivity contribution in [2.75, 3.05) is 25.0 Å². The van der Waals surface area contributed by atoms with Crippen molar-refractivity contribution in [2.45, 2.75) is 25.8 Å². The summed E-state index contributed by atoms with van der Waals surface area (Å²) in [4.78, 5) is 18.8. The number of anilines is 1. The number of fused-ring (bicyclic) bond motifs is 1. The summed E-state index contributed by atoms with van der Waals surface area (Å²) in [5, 5.41) is 4.16. The second-order valence-electron chi connectivity index (χ2n) is 6.78. The topological polar surface area (TPSA) is 55.7 Å². The minimum atomic E-state index is 0.0187. The largest absolute Gasteiger partial charge is 0.492 e. The Morgan fingerprint density at radius 3 is 2.93 bits per heavy atom. The zero-order chi connectivity index (χ0) is 18.6. The number of quaternary nitrogens is 1. The predicted octanol–water partition coefficient (Wildman–Crippen LogP) is 3.05. The van der Waals surface area contributed by atoms with Gasteiger partial charge in [-0.1, -0.05) is 24.3 Å². The maximum atomic E-state index is 12.7. The van der Waals surface area contributed by atoms with E-state index in [1.165, 1.54) is 9.60 Å². The lowest BCUT2D eigenvalue weighted by Gasteiger charge is -2.19. The maximum absolute atomic E-state index is 12.7. The first-order chi connectivity index (χ1) is 13.2. The second-order valence-corrected chi connectivity index (χ2v) is 7.84. The summed E-state index contributed by atoms with van der Waals surface area (Å²) in [5.74, 6) is 0.734. The lowest BCUT2D eigenvalue weighted by molar-refractivity contribution is -0.910. The Labute approximate surface area is 163 Å². The number of nitrogens with one attached hydrogen (secondary N) is 2. The van der Waals surface area contributed by atoms with Gasteiger partial charge in [0, 0.05) is 12.8 Å². The number of rotatable bonds is 6. The van der Waals surface area contributed by atoms with Gasteiger partial charge in [0.2, 0.25) is 0 Å². The van der Waals surface area contributed by atoms with E-state index in [1.807, 2.05) is 43.3 Å². The van der Waals surface area contributed by atoms with E-state index in [-0.39, 0.29) is 5.91 Å². The number of aromatic nitrogens is 1. The molecule has 0 saturated carbocycles. The summed E-state index contributed by atoms with van der Waals surface area (Å²) in [5.41, 5.74) is 1.79. The highest BCUT2D eigenvalue weighted by Crippen LogP contribution is 2.28. The molecule has 2 atom stereocenters. The first-order valence-corrected chi connectivity index (χ1v) is 10.3. The highest BCUT2D eigenvalue weighted by atomic mass is 32.1. The number of thiazole rings is 1. The Morgan fingerprint density at radius 1 is 1.26 bits per heavy atom. The van der Waals surface area contributed by atoms with E-state index in [2.05, 4.69) is 17.4 Å². The third-order valence-electron chi connectivity index (χ3n) is 4.94. The molecule has 1 saturated heterocycles. The fourth-order valence-electron chi connectivity index (χ4n) is 3.71. The average Bonchev–Trinajstić information content (AvgIpc) is 3.29. The van der Waals surface area contributed by atoms with Crippen molar-refractivity contribution in [2.24, 2.45) is 0 Å². The van der Waals surface area contributed by atoms with Crippen LogP contribution in [0.1, 0.15) is 30.8 Å². The van der Waals surface area contributed by atoms with E-state index in [1.54, 1.807) is 11.3 Å². The summed E-state index contributed by atoms with van der Waals surface area (Å²) >= 11 is 1.75. The Kier molecular flexibility index (Phi) is 5.36. The first-order valence-electron chi connectivity index (χ1n) is 9.46. The smallest absolute Gasteiger partial charge is 0.279 e. The molecule has 4 rings (SSSR count). The summed E-state index contributed by atoms with van der Waals surface area (Å²) in [6, 6.07) is 16.1. The number of hydrogen-bond donors (Lipinski definition) is 2. The van der Waals surface area contributed by atoms with Crippen LogP contribution in [0.25, 0.3) is 10.2 Å². The van der Waals surface area contributed by atoms with Crippen molar-refractivity contribution in [3.63, 3.8) is 0 Å². The molecular weight excluding hydrogens is 358 g/mol. The molecule has 1 fully saturated rings. The normalized spacial score (nSPS) is 19.3. The molecule has 0 spiro atoms. The van der Waals surface area contributed by atoms with E-state index < -0.39 is 0 Å². The number of carbonyl (C=O) groups excluding carboxylic acids is 1. The molecule has 1 unspecified atom stereocenters. The van der Waals surface area contributed by atoms with Crippen LogP contribution in [0.4, 0.5) is 5.69 Å². The van der Waals surface area contributed by atoms with Gasteiger partial charge in [-0.15, -0.1) is 11.3 Å². The van der Waals surface area contributed by atoms with Crippen LogP contribution in [0.3, 0.4) is 0 Å². The minimum absolute atomic E-state index is 0.0187. The molecule has 2 aromatic carbocycles. The third kappa shape index (κ3) is 3.96. The molecule has 3 aromatic rings. The number of likely N-dealkylation sites (tertiary alicyclic amines) is 1. The lowest BCUT2D eigenvalue weighted by Crippen LogP contribution is -3.11. The van der Waals surface area contributed by atoms with Crippen LogP contribution in [-0.2, 0) is 4.79 Å². The SMILES string of the molecule is CCOc1ccccc1NC(=O)C[NH+]1CCC[C@H]1c1nc2ccccc2s1. The molecule has 0 aliphatic carbocycles. The Bertz CT molecular complexity index is 907. The second kappa shape index (κ2) is 8.06. The van der Waals surface area contributed by atoms with Gasteiger partial charge in [0.15, 0.2) is 11.6 Å². The number of para-hydroxylation sites is 3. The van der Waals surface area contributed by atoms with Crippen LogP contribution in [0.2, 0.25) is 0 Å². The van der Waals surface area contributed by atoms with Gasteiger partial charge in [0.05, 0.1) is 29.1 Å². The Balaban J connectivity index is 1.46. The molecule has 140 valence electrons. The van der Waals surface area contributed by atoms with Crippen LogP contribution in [0, 0.1) is 0 Å². The monoisotopic (exact) mass is 382 g/mol. The number of hydrogen-bond acceptors (Lipinski definition) is 4. The average molecular weight is 383 g/mol. The van der Waals surface area contributed by atoms with Gasteiger partial charge < -0.3 is 15.0 Å². The first kappa shape index (κ1) is 17.9. The molecule has 27 heavy (non-hydrogen) atoms. The molecule has 5 nitrogen and oxygen atoms in total. The van der Waals surface area contributed by atoms with Crippen LogP contribution in [0.15, 0.2) is 48.5 Å². The molecule has 6 heteroatoms. The molecular formula is C21H24N3O2S+. The Morgan fingerprint density at radius 2 is 2.07 bits per heavy atom. The predicted molar refractivity (Wildman–Crippen MR) is 109 cm³/mol. The van der Waals surface area contributed by atoms with Crippen molar-refractivity contribution >= 4 is 33.1 Å². The highest BCUT2D eigenvalue weighted by Gasteiger charge is 2.34. The van der Waals surface area contributed by atoms with E-state index in [0.717, 1.165) is 35.6 Å². The van der Waals surface area contributed by atoms with E-state index in [4.69, 9.17) is 9.72 Å². The molecule has 1 aliphatic heterocycles. The van der Waals surface area contributed by atoms with Gasteiger partial charge >= 0.3 is 0 Å². The van der Waals surface area contributed by atoms with Gasteiger partial charge in [-0.25, -0.2) is 4.98 Å². The van der Waals surface area contributed by atoms with Gasteiger partial charge in [0.1, 0.15) is 11.8 Å². The molecule has 2 N–H and O–H groups in total. The third-order valence-corrected chi connectivity index (χ3v) is 6.09. The lowest BCUT2D eigenvalue weighted by atomic mass is 10.2. The van der Waals surface area contributed by atoms with Gasteiger partial charge in [-0.2, -0.15) is 0 Å². The minimum Gasteiger partial charge on any atom is -0.492 e. The fraction of sp³-hybridized carbons (Fsp3) is 0.333. The molecule has 0 radical (unpaired) electrons. The van der Waals surface area contributed by atoms with E-state index >= 15 is 0 Å². The van der Waals surface area contributed by atoms with E-state index in [0.29, 0.717) is 24.9 Å². The summed E-state index contributed by atoms with van der Waals surface area (Å²) < 4.78 is 6.82. The van der Waals surface area contributed by atoms with Crippen LogP contribution in [0.5, 0.6) is 5.75 Å². The van der Waals surface area contributed by atoms with Crippen molar-refractivity contribution < 1.29 is 14.4 Å². The standard InChI is InChI=1S/C21H23N3O2S/c1-2-26-18-11-5-3-8-15(18)22-20(25)14-24-13-7-10-17(24)21-23-16-9-4-6-12-19(16)27-21/h3-6,8-9,11-12,17H,2,7,10,13-14H2,1H3,(H,22,25)/p+1/t17-/m0/s1. The van der Waals surface area contributed by atoms with Gasteiger partial charge in [-0.05, 0) is 31.2 Å². The van der Waals surface area contributed by atoms with Crippen molar-refractivity contribution in [3.05, 3.63) is 53.5 Å². The molecule has 0 bridgehead atoms. The number of amides is 1. The van der Waals surface area contributed by atoms with Crippen molar-refractivity contribution in [1.29, 1.82) is 0 Å². The number of ether oxygens (including phenoxy) is 1.